The van der Waals surface area contributed by atoms with Gasteiger partial charge in [-0.25, -0.2) is 13.6 Å². The van der Waals surface area contributed by atoms with E-state index in [1.165, 1.54) is 17.2 Å². The van der Waals surface area contributed by atoms with E-state index in [0.717, 1.165) is 23.1 Å². The molecule has 7 nitrogen and oxygen atoms in total. The molecule has 1 aliphatic carbocycles. The van der Waals surface area contributed by atoms with Crippen LogP contribution in [0.4, 0.5) is 0 Å². The number of benzene rings is 4. The topological polar surface area (TPSA) is 118 Å². The molecule has 216 valence electrons. The van der Waals surface area contributed by atoms with E-state index in [2.05, 4.69) is 41.8 Å². The Morgan fingerprint density at radius 2 is 1.14 bits per heavy atom. The minimum absolute atomic E-state index is 0.0656. The maximum Gasteiger partial charge on any atom is 0.238 e. The standard InChI is InChI=1S/C34H35N3O4S/c1-23-7-2-3-8-28(23)26-17-13-24(14-18-26)21-36-33(38)30-10-6-11-31(30)34(39)37-22-25-15-19-27(20-16-25)29-9-4-5-12-32(29)42(35,40)41/h2-5,7-9,12-20,30-31H,6,10-11,21-22H2,1H3,(H,36,38)(H,37,39)(H2,35,40,41)/t30-,31-/m0/s1. The molecular formula is C34H35N3O4S. The van der Waals surface area contributed by atoms with E-state index < -0.39 is 10.0 Å². The van der Waals surface area contributed by atoms with Crippen molar-refractivity contribution in [1.82, 2.24) is 10.6 Å². The average molecular weight is 582 g/mol. The molecule has 4 aromatic carbocycles. The molecule has 1 fully saturated rings. The van der Waals surface area contributed by atoms with Gasteiger partial charge in [0.2, 0.25) is 21.8 Å². The summed E-state index contributed by atoms with van der Waals surface area (Å²) in [6, 6.07) is 30.3. The lowest BCUT2D eigenvalue weighted by molar-refractivity contribution is -0.133. The number of hydrogen-bond acceptors (Lipinski definition) is 4. The van der Waals surface area contributed by atoms with Gasteiger partial charge in [-0.3, -0.25) is 9.59 Å². The predicted octanol–water partition coefficient (Wildman–Crippen LogP) is 5.33. The highest BCUT2D eigenvalue weighted by Crippen LogP contribution is 2.32. The lowest BCUT2D eigenvalue weighted by atomic mass is 9.94. The van der Waals surface area contributed by atoms with Crippen molar-refractivity contribution in [3.63, 3.8) is 0 Å². The van der Waals surface area contributed by atoms with Crippen LogP contribution in [0.25, 0.3) is 22.3 Å². The van der Waals surface area contributed by atoms with Crippen molar-refractivity contribution in [1.29, 1.82) is 0 Å². The lowest BCUT2D eigenvalue weighted by Crippen LogP contribution is -2.39. The van der Waals surface area contributed by atoms with Gasteiger partial charge in [-0.1, -0.05) is 97.4 Å². The second kappa shape index (κ2) is 12.7. The highest BCUT2D eigenvalue weighted by Gasteiger charge is 2.37. The molecule has 8 heteroatoms. The summed E-state index contributed by atoms with van der Waals surface area (Å²) < 4.78 is 23.9. The van der Waals surface area contributed by atoms with Gasteiger partial charge in [0.15, 0.2) is 0 Å². The van der Waals surface area contributed by atoms with Crippen LogP contribution in [0.3, 0.4) is 0 Å². The van der Waals surface area contributed by atoms with Gasteiger partial charge in [0.25, 0.3) is 0 Å². The number of rotatable bonds is 9. The number of nitrogens with two attached hydrogens (primary N) is 1. The van der Waals surface area contributed by atoms with Crippen LogP contribution >= 0.6 is 0 Å². The molecule has 0 bridgehead atoms. The van der Waals surface area contributed by atoms with Crippen molar-refractivity contribution in [3.8, 4) is 22.3 Å². The molecule has 0 aromatic heterocycles. The molecule has 0 heterocycles. The molecule has 0 aliphatic heterocycles. The SMILES string of the molecule is Cc1ccccc1-c1ccc(CNC(=O)[C@H]2CCC[C@@H]2C(=O)NCc2ccc(-c3ccccc3S(N)(=O)=O)cc2)cc1. The normalized spacial score (nSPS) is 16.6. The Balaban J connectivity index is 1.15. The Labute approximate surface area is 247 Å². The molecule has 4 N–H and O–H groups in total. The first-order valence-electron chi connectivity index (χ1n) is 14.1. The maximum absolute atomic E-state index is 13.1. The first kappa shape index (κ1) is 29.2. The maximum atomic E-state index is 13.1. The molecule has 4 aromatic rings. The summed E-state index contributed by atoms with van der Waals surface area (Å²) in [7, 11) is -3.86. The van der Waals surface area contributed by atoms with Crippen LogP contribution < -0.4 is 15.8 Å². The number of carbonyl (C=O) groups excluding carboxylic acids is 2. The summed E-state index contributed by atoms with van der Waals surface area (Å²) in [6.07, 6.45) is 2.20. The van der Waals surface area contributed by atoms with Crippen LogP contribution in [0.2, 0.25) is 0 Å². The van der Waals surface area contributed by atoms with Gasteiger partial charge >= 0.3 is 0 Å². The summed E-state index contributed by atoms with van der Waals surface area (Å²) in [5.41, 5.74) is 6.66. The van der Waals surface area contributed by atoms with Crippen molar-refractivity contribution in [2.24, 2.45) is 17.0 Å². The third-order valence-electron chi connectivity index (χ3n) is 7.99. The van der Waals surface area contributed by atoms with Crippen LogP contribution in [-0.4, -0.2) is 20.2 Å². The molecule has 0 saturated heterocycles. The molecule has 1 saturated carbocycles. The molecule has 2 amide bonds. The fraction of sp³-hybridized carbons (Fsp3) is 0.235. The molecule has 1 aliphatic rings. The smallest absolute Gasteiger partial charge is 0.238 e. The minimum atomic E-state index is -3.86. The van der Waals surface area contributed by atoms with Crippen LogP contribution in [0.5, 0.6) is 0 Å². The highest BCUT2D eigenvalue weighted by atomic mass is 32.2. The van der Waals surface area contributed by atoms with Gasteiger partial charge in [-0.15, -0.1) is 0 Å². The zero-order valence-electron chi connectivity index (χ0n) is 23.5. The number of sulfonamides is 1. The van der Waals surface area contributed by atoms with Crippen molar-refractivity contribution < 1.29 is 18.0 Å². The first-order valence-corrected chi connectivity index (χ1v) is 15.7. The van der Waals surface area contributed by atoms with Gasteiger partial charge in [0.1, 0.15) is 0 Å². The van der Waals surface area contributed by atoms with Crippen LogP contribution in [0.15, 0.2) is 102 Å². The number of aryl methyl sites for hydroxylation is 1. The Morgan fingerprint density at radius 3 is 1.64 bits per heavy atom. The molecule has 0 radical (unpaired) electrons. The van der Waals surface area contributed by atoms with Crippen molar-refractivity contribution in [2.75, 3.05) is 0 Å². The number of amides is 2. The quantitative estimate of drug-likeness (QED) is 0.248. The van der Waals surface area contributed by atoms with Crippen LogP contribution in [-0.2, 0) is 32.7 Å². The highest BCUT2D eigenvalue weighted by molar-refractivity contribution is 7.89. The number of primary sulfonamides is 1. The summed E-state index contributed by atoms with van der Waals surface area (Å²) in [5, 5.41) is 11.4. The Kier molecular flexibility index (Phi) is 8.85. The number of carbonyl (C=O) groups is 2. The molecule has 42 heavy (non-hydrogen) atoms. The van der Waals surface area contributed by atoms with Crippen LogP contribution in [0.1, 0.15) is 36.0 Å². The van der Waals surface area contributed by atoms with E-state index in [0.29, 0.717) is 37.1 Å². The largest absolute Gasteiger partial charge is 0.352 e. The molecule has 2 atom stereocenters. The van der Waals surface area contributed by atoms with Crippen molar-refractivity contribution >= 4 is 21.8 Å². The second-order valence-electron chi connectivity index (χ2n) is 10.8. The molecular weight excluding hydrogens is 546 g/mol. The zero-order valence-corrected chi connectivity index (χ0v) is 24.4. The van der Waals surface area contributed by atoms with Gasteiger partial charge in [-0.05, 0) is 59.2 Å². The number of nitrogens with one attached hydrogen (secondary N) is 2. The van der Waals surface area contributed by atoms with Crippen LogP contribution in [0, 0.1) is 18.8 Å². The van der Waals surface area contributed by atoms with E-state index in [-0.39, 0.29) is 28.5 Å². The fourth-order valence-electron chi connectivity index (χ4n) is 5.68. The van der Waals surface area contributed by atoms with Gasteiger partial charge < -0.3 is 10.6 Å². The third-order valence-corrected chi connectivity index (χ3v) is 8.96. The Hall–Kier alpha value is -4.27. The zero-order chi connectivity index (χ0) is 29.7. The summed E-state index contributed by atoms with van der Waals surface area (Å²) in [6.45, 7) is 2.82. The lowest BCUT2D eigenvalue weighted by Gasteiger charge is -2.19. The fourth-order valence-corrected chi connectivity index (χ4v) is 6.44. The van der Waals surface area contributed by atoms with E-state index in [9.17, 15) is 18.0 Å². The van der Waals surface area contributed by atoms with Crippen molar-refractivity contribution in [2.45, 2.75) is 44.2 Å². The Morgan fingerprint density at radius 1 is 0.690 bits per heavy atom. The molecule has 0 unspecified atom stereocenters. The molecule has 5 rings (SSSR count). The summed E-state index contributed by atoms with van der Waals surface area (Å²) in [5.74, 6) is -0.935. The second-order valence-corrected chi connectivity index (χ2v) is 12.4. The van der Waals surface area contributed by atoms with E-state index in [1.54, 1.807) is 18.2 Å². The molecule has 0 spiro atoms. The Bertz CT molecular complexity index is 1680. The van der Waals surface area contributed by atoms with Gasteiger partial charge in [-0.2, -0.15) is 0 Å². The van der Waals surface area contributed by atoms with E-state index >= 15 is 0 Å². The third kappa shape index (κ3) is 6.78. The van der Waals surface area contributed by atoms with Gasteiger partial charge in [0, 0.05) is 30.5 Å². The van der Waals surface area contributed by atoms with E-state index in [1.807, 2.05) is 48.5 Å². The first-order chi connectivity index (χ1) is 20.2. The summed E-state index contributed by atoms with van der Waals surface area (Å²) >= 11 is 0. The van der Waals surface area contributed by atoms with Gasteiger partial charge in [0.05, 0.1) is 4.90 Å². The number of hydrogen-bond donors (Lipinski definition) is 3. The van der Waals surface area contributed by atoms with Crippen molar-refractivity contribution in [3.05, 3.63) is 114 Å². The summed E-state index contributed by atoms with van der Waals surface area (Å²) in [4.78, 5) is 26.2. The average Bonchev–Trinajstić information content (AvgIpc) is 3.50. The predicted molar refractivity (Wildman–Crippen MR) is 164 cm³/mol. The monoisotopic (exact) mass is 581 g/mol. The van der Waals surface area contributed by atoms with E-state index in [4.69, 9.17) is 5.14 Å². The minimum Gasteiger partial charge on any atom is -0.352 e.